The van der Waals surface area contributed by atoms with E-state index >= 15 is 0 Å². The van der Waals surface area contributed by atoms with Gasteiger partial charge in [-0.15, -0.1) is 0 Å². The van der Waals surface area contributed by atoms with E-state index in [9.17, 15) is 9.90 Å². The first-order valence-corrected chi connectivity index (χ1v) is 8.69. The lowest BCUT2D eigenvalue weighted by Crippen LogP contribution is -2.13. The minimum absolute atomic E-state index is 0.0672. The first-order valence-electron chi connectivity index (χ1n) is 8.69. The fourth-order valence-electron chi connectivity index (χ4n) is 4.55. The highest BCUT2D eigenvalue weighted by molar-refractivity contribution is 5.78. The van der Waals surface area contributed by atoms with E-state index in [0.29, 0.717) is 17.4 Å². The Labute approximate surface area is 142 Å². The highest BCUT2D eigenvalue weighted by Gasteiger charge is 2.37. The molecule has 1 N–H and O–H groups in total. The summed E-state index contributed by atoms with van der Waals surface area (Å²) in [5, 5.41) is 11.2. The molecular weight excluding hydrogens is 300 g/mol. The van der Waals surface area contributed by atoms with Crippen molar-refractivity contribution in [1.82, 2.24) is 9.97 Å². The predicted molar refractivity (Wildman–Crippen MR) is 91.3 cm³/mol. The van der Waals surface area contributed by atoms with Crippen molar-refractivity contribution in [3.8, 4) is 0 Å². The molecular formula is C20H22N2O2. The first kappa shape index (κ1) is 15.5. The predicted octanol–water partition coefficient (Wildman–Crippen LogP) is 3.66. The van der Waals surface area contributed by atoms with Crippen molar-refractivity contribution in [2.45, 2.75) is 57.0 Å². The van der Waals surface area contributed by atoms with Gasteiger partial charge in [-0.3, -0.25) is 14.8 Å². The number of aromatic nitrogens is 2. The zero-order valence-corrected chi connectivity index (χ0v) is 14.1. The molecule has 0 spiro atoms. The SMILES string of the molecule is C[C@@H]1CCc2c1cncc2[C@@H](O)[C@@H]1C[C@@H](C)c2cncc(C=O)c21. The fourth-order valence-corrected chi connectivity index (χ4v) is 4.55. The van der Waals surface area contributed by atoms with Crippen LogP contribution in [0.25, 0.3) is 0 Å². The van der Waals surface area contributed by atoms with E-state index in [-0.39, 0.29) is 5.92 Å². The number of fused-ring (bicyclic) bond motifs is 2. The molecule has 2 aliphatic rings. The molecule has 0 aliphatic heterocycles. The van der Waals surface area contributed by atoms with Crippen LogP contribution >= 0.6 is 0 Å². The van der Waals surface area contributed by atoms with Gasteiger partial charge in [0.15, 0.2) is 6.29 Å². The van der Waals surface area contributed by atoms with E-state index in [1.54, 1.807) is 6.20 Å². The Kier molecular flexibility index (Phi) is 3.72. The van der Waals surface area contributed by atoms with Crippen molar-refractivity contribution >= 4 is 6.29 Å². The van der Waals surface area contributed by atoms with Crippen LogP contribution < -0.4 is 0 Å². The molecule has 4 rings (SSSR count). The number of pyridine rings is 2. The van der Waals surface area contributed by atoms with Crippen molar-refractivity contribution in [1.29, 1.82) is 0 Å². The van der Waals surface area contributed by atoms with Crippen LogP contribution in [0.3, 0.4) is 0 Å². The summed E-state index contributed by atoms with van der Waals surface area (Å²) in [4.78, 5) is 20.0. The summed E-state index contributed by atoms with van der Waals surface area (Å²) in [7, 11) is 0. The van der Waals surface area contributed by atoms with Crippen LogP contribution in [0, 0.1) is 0 Å². The fraction of sp³-hybridized carbons (Fsp3) is 0.450. The van der Waals surface area contributed by atoms with Crippen LogP contribution in [0.1, 0.15) is 88.7 Å². The van der Waals surface area contributed by atoms with Gasteiger partial charge in [-0.25, -0.2) is 0 Å². The second-order valence-corrected chi connectivity index (χ2v) is 7.27. The highest BCUT2D eigenvalue weighted by atomic mass is 16.3. The van der Waals surface area contributed by atoms with E-state index in [4.69, 9.17) is 0 Å². The van der Waals surface area contributed by atoms with Gasteiger partial charge in [0.25, 0.3) is 0 Å². The Morgan fingerprint density at radius 3 is 2.67 bits per heavy atom. The number of aliphatic hydroxyl groups is 1. The molecule has 0 aromatic carbocycles. The molecule has 0 bridgehead atoms. The molecule has 2 heterocycles. The maximum atomic E-state index is 11.5. The maximum absolute atomic E-state index is 11.5. The second kappa shape index (κ2) is 5.78. The second-order valence-electron chi connectivity index (χ2n) is 7.27. The van der Waals surface area contributed by atoms with E-state index < -0.39 is 6.10 Å². The van der Waals surface area contributed by atoms with Gasteiger partial charge in [-0.2, -0.15) is 0 Å². The van der Waals surface area contributed by atoms with Gasteiger partial charge in [-0.1, -0.05) is 13.8 Å². The Morgan fingerprint density at radius 1 is 1.12 bits per heavy atom. The lowest BCUT2D eigenvalue weighted by Gasteiger charge is -2.23. The van der Waals surface area contributed by atoms with Crippen molar-refractivity contribution in [2.24, 2.45) is 0 Å². The lowest BCUT2D eigenvalue weighted by atomic mass is 9.86. The monoisotopic (exact) mass is 322 g/mol. The van der Waals surface area contributed by atoms with Gasteiger partial charge in [0.1, 0.15) is 0 Å². The zero-order valence-electron chi connectivity index (χ0n) is 14.1. The standard InChI is InChI=1S/C20H22N2O2/c1-11-3-4-14-16(11)7-22-9-18(14)20(24)15-5-12(2)17-8-21-6-13(10-23)19(15)17/h6-12,15,20,24H,3-5H2,1-2H3/t11-,12-,15-,20+/m1/s1. The van der Waals surface area contributed by atoms with E-state index in [0.717, 1.165) is 42.2 Å². The van der Waals surface area contributed by atoms with Crippen LogP contribution in [-0.4, -0.2) is 21.4 Å². The van der Waals surface area contributed by atoms with Gasteiger partial charge in [0, 0.05) is 41.8 Å². The Balaban J connectivity index is 1.79. The zero-order chi connectivity index (χ0) is 16.8. The summed E-state index contributed by atoms with van der Waals surface area (Å²) in [5.74, 6) is 0.738. The summed E-state index contributed by atoms with van der Waals surface area (Å²) in [6.45, 7) is 4.35. The van der Waals surface area contributed by atoms with Gasteiger partial charge >= 0.3 is 0 Å². The third-order valence-corrected chi connectivity index (χ3v) is 5.87. The third kappa shape index (κ3) is 2.20. The smallest absolute Gasteiger partial charge is 0.151 e. The van der Waals surface area contributed by atoms with Gasteiger partial charge < -0.3 is 5.11 Å². The quantitative estimate of drug-likeness (QED) is 0.876. The molecule has 2 aliphatic carbocycles. The van der Waals surface area contributed by atoms with Gasteiger partial charge in [0.05, 0.1) is 6.10 Å². The van der Waals surface area contributed by atoms with E-state index in [1.165, 1.54) is 11.1 Å². The van der Waals surface area contributed by atoms with Crippen LogP contribution in [0.5, 0.6) is 0 Å². The summed E-state index contributed by atoms with van der Waals surface area (Å²) in [5.41, 5.74) is 6.14. The van der Waals surface area contributed by atoms with Crippen molar-refractivity contribution in [3.63, 3.8) is 0 Å². The number of aliphatic hydroxyl groups excluding tert-OH is 1. The Hall–Kier alpha value is -2.07. The molecule has 4 heteroatoms. The summed E-state index contributed by atoms with van der Waals surface area (Å²) >= 11 is 0. The largest absolute Gasteiger partial charge is 0.388 e. The Morgan fingerprint density at radius 2 is 1.88 bits per heavy atom. The van der Waals surface area contributed by atoms with Crippen molar-refractivity contribution in [3.05, 3.63) is 58.2 Å². The molecule has 24 heavy (non-hydrogen) atoms. The summed E-state index contributed by atoms with van der Waals surface area (Å²) in [6.07, 6.45) is 10.4. The van der Waals surface area contributed by atoms with Crippen LogP contribution in [0.2, 0.25) is 0 Å². The molecule has 2 aromatic heterocycles. The summed E-state index contributed by atoms with van der Waals surface area (Å²) in [6, 6.07) is 0. The van der Waals surface area contributed by atoms with Crippen molar-refractivity contribution in [2.75, 3.05) is 0 Å². The van der Waals surface area contributed by atoms with Gasteiger partial charge in [-0.05, 0) is 53.4 Å². The minimum atomic E-state index is -0.623. The molecule has 124 valence electrons. The molecule has 0 unspecified atom stereocenters. The molecule has 0 radical (unpaired) electrons. The van der Waals surface area contributed by atoms with Gasteiger partial charge in [0.2, 0.25) is 0 Å². The van der Waals surface area contributed by atoms with E-state index in [2.05, 4.69) is 23.8 Å². The topological polar surface area (TPSA) is 63.1 Å². The van der Waals surface area contributed by atoms with Crippen LogP contribution in [-0.2, 0) is 6.42 Å². The maximum Gasteiger partial charge on any atom is 0.151 e. The van der Waals surface area contributed by atoms with Crippen molar-refractivity contribution < 1.29 is 9.90 Å². The molecule has 0 fully saturated rings. The van der Waals surface area contributed by atoms with E-state index in [1.807, 2.05) is 18.6 Å². The highest BCUT2D eigenvalue weighted by Crippen LogP contribution is 2.49. The number of nitrogens with zero attached hydrogens (tertiary/aromatic N) is 2. The molecule has 4 nitrogen and oxygen atoms in total. The normalized spacial score (nSPS) is 26.0. The lowest BCUT2D eigenvalue weighted by molar-refractivity contribution is 0.111. The molecule has 4 atom stereocenters. The Bertz CT molecular complexity index is 802. The first-order chi connectivity index (χ1) is 11.6. The molecule has 2 aromatic rings. The average molecular weight is 322 g/mol. The molecule has 0 saturated heterocycles. The number of aldehydes is 1. The minimum Gasteiger partial charge on any atom is -0.388 e. The average Bonchev–Trinajstić information content (AvgIpc) is 3.15. The number of carbonyl (C=O) groups is 1. The number of hydrogen-bond acceptors (Lipinski definition) is 4. The number of rotatable bonds is 3. The molecule has 0 amide bonds. The van der Waals surface area contributed by atoms with Crippen LogP contribution in [0.15, 0.2) is 24.8 Å². The number of hydrogen-bond donors (Lipinski definition) is 1. The molecule has 0 saturated carbocycles. The summed E-state index contributed by atoms with van der Waals surface area (Å²) < 4.78 is 0. The van der Waals surface area contributed by atoms with Crippen LogP contribution in [0.4, 0.5) is 0 Å². The third-order valence-electron chi connectivity index (χ3n) is 5.87. The number of carbonyl (C=O) groups excluding carboxylic acids is 1.